The van der Waals surface area contributed by atoms with Gasteiger partial charge in [-0.3, -0.25) is 4.90 Å². The predicted octanol–water partition coefficient (Wildman–Crippen LogP) is 1.98. The predicted molar refractivity (Wildman–Crippen MR) is 85.7 cm³/mol. The van der Waals surface area contributed by atoms with Gasteiger partial charge in [-0.25, -0.2) is 9.97 Å². The molecule has 3 heterocycles. The topological polar surface area (TPSA) is 37.2 Å². The van der Waals surface area contributed by atoms with Crippen molar-refractivity contribution in [2.75, 3.05) is 33.7 Å². The molecule has 2 atom stereocenters. The van der Waals surface area contributed by atoms with E-state index in [4.69, 9.17) is 11.6 Å². The highest BCUT2D eigenvalue weighted by Crippen LogP contribution is 2.24. The Bertz CT molecular complexity index is 624. The Morgan fingerprint density at radius 2 is 2.19 bits per heavy atom. The third kappa shape index (κ3) is 2.91. The van der Waals surface area contributed by atoms with E-state index in [1.807, 2.05) is 25.3 Å². The van der Waals surface area contributed by atoms with Gasteiger partial charge in [0.25, 0.3) is 0 Å². The number of imidazole rings is 1. The molecular formula is C15H22ClN5. The van der Waals surface area contributed by atoms with Crippen LogP contribution in [0.1, 0.15) is 18.1 Å². The van der Waals surface area contributed by atoms with E-state index in [-0.39, 0.29) is 5.38 Å². The van der Waals surface area contributed by atoms with Gasteiger partial charge in [0.15, 0.2) is 5.65 Å². The molecule has 1 fully saturated rings. The normalized spacial score (nSPS) is 22.8. The zero-order valence-corrected chi connectivity index (χ0v) is 13.6. The zero-order valence-electron chi connectivity index (χ0n) is 12.8. The number of nitrogens with zero attached hydrogens (tertiary/aromatic N) is 5. The molecular weight excluding hydrogens is 286 g/mol. The van der Waals surface area contributed by atoms with Gasteiger partial charge in [0, 0.05) is 38.4 Å². The van der Waals surface area contributed by atoms with Gasteiger partial charge in [0.2, 0.25) is 0 Å². The number of pyridine rings is 1. The van der Waals surface area contributed by atoms with Gasteiger partial charge in [-0.15, -0.1) is 11.6 Å². The number of fused-ring (bicyclic) bond motifs is 1. The van der Waals surface area contributed by atoms with E-state index < -0.39 is 0 Å². The highest BCUT2D eigenvalue weighted by Gasteiger charge is 2.25. The Morgan fingerprint density at radius 1 is 1.38 bits per heavy atom. The Hall–Kier alpha value is -1.17. The van der Waals surface area contributed by atoms with E-state index in [0.717, 1.165) is 43.2 Å². The molecule has 5 nitrogen and oxygen atoms in total. The van der Waals surface area contributed by atoms with Crippen molar-refractivity contribution < 1.29 is 0 Å². The van der Waals surface area contributed by atoms with Gasteiger partial charge >= 0.3 is 0 Å². The van der Waals surface area contributed by atoms with Crippen LogP contribution in [0.2, 0.25) is 0 Å². The van der Waals surface area contributed by atoms with Crippen molar-refractivity contribution >= 4 is 22.8 Å². The molecule has 0 spiro atoms. The first-order chi connectivity index (χ1) is 10.1. The maximum absolute atomic E-state index is 6.33. The molecule has 1 aliphatic rings. The summed E-state index contributed by atoms with van der Waals surface area (Å²) in [6, 6.07) is 4.37. The number of rotatable bonds is 3. The van der Waals surface area contributed by atoms with Crippen LogP contribution in [0.3, 0.4) is 0 Å². The first-order valence-electron chi connectivity index (χ1n) is 7.40. The van der Waals surface area contributed by atoms with Crippen LogP contribution in [0.15, 0.2) is 18.3 Å². The molecule has 0 amide bonds. The van der Waals surface area contributed by atoms with Crippen LogP contribution in [0, 0.1) is 0 Å². The molecule has 0 N–H and O–H groups in total. The van der Waals surface area contributed by atoms with Crippen molar-refractivity contribution in [3.63, 3.8) is 0 Å². The molecule has 0 radical (unpaired) electrons. The molecule has 3 rings (SSSR count). The number of hydrogen-bond donors (Lipinski definition) is 0. The molecule has 0 aromatic carbocycles. The lowest BCUT2D eigenvalue weighted by Gasteiger charge is -2.38. The minimum absolute atomic E-state index is 0.120. The number of aromatic nitrogens is 3. The lowest BCUT2D eigenvalue weighted by molar-refractivity contribution is 0.103. The lowest BCUT2D eigenvalue weighted by Crippen LogP contribution is -2.51. The van der Waals surface area contributed by atoms with Gasteiger partial charge < -0.3 is 9.47 Å². The first-order valence-corrected chi connectivity index (χ1v) is 7.84. The summed E-state index contributed by atoms with van der Waals surface area (Å²) in [6.45, 7) is 6.11. The highest BCUT2D eigenvalue weighted by molar-refractivity contribution is 6.20. The van der Waals surface area contributed by atoms with Crippen LogP contribution in [0.4, 0.5) is 0 Å². The van der Waals surface area contributed by atoms with Crippen molar-refractivity contribution in [2.45, 2.75) is 24.9 Å². The second kappa shape index (κ2) is 5.91. The molecule has 0 aliphatic carbocycles. The third-order valence-electron chi connectivity index (χ3n) is 4.26. The largest absolute Gasteiger partial charge is 0.310 e. The summed E-state index contributed by atoms with van der Waals surface area (Å²) in [5.41, 5.74) is 1.86. The number of halogens is 1. The Kier molecular flexibility index (Phi) is 4.15. The summed E-state index contributed by atoms with van der Waals surface area (Å²) in [5.74, 6) is 0.909. The van der Waals surface area contributed by atoms with Crippen molar-refractivity contribution in [2.24, 2.45) is 0 Å². The van der Waals surface area contributed by atoms with Crippen molar-refractivity contribution in [3.8, 4) is 0 Å². The van der Waals surface area contributed by atoms with E-state index in [2.05, 4.69) is 38.4 Å². The fourth-order valence-corrected chi connectivity index (χ4v) is 3.14. The maximum Gasteiger partial charge on any atom is 0.160 e. The van der Waals surface area contributed by atoms with Crippen LogP contribution in [0.5, 0.6) is 0 Å². The third-order valence-corrected chi connectivity index (χ3v) is 4.46. The number of alkyl halides is 1. The van der Waals surface area contributed by atoms with Crippen LogP contribution in [-0.2, 0) is 6.54 Å². The van der Waals surface area contributed by atoms with Crippen LogP contribution >= 0.6 is 11.6 Å². The van der Waals surface area contributed by atoms with Crippen LogP contribution in [-0.4, -0.2) is 64.1 Å². The van der Waals surface area contributed by atoms with Gasteiger partial charge in [0.05, 0.1) is 5.38 Å². The molecule has 21 heavy (non-hydrogen) atoms. The van der Waals surface area contributed by atoms with Crippen molar-refractivity contribution in [1.82, 2.24) is 24.3 Å². The van der Waals surface area contributed by atoms with E-state index in [0.29, 0.717) is 6.04 Å². The van der Waals surface area contributed by atoms with Gasteiger partial charge in [-0.2, -0.15) is 0 Å². The smallest absolute Gasteiger partial charge is 0.160 e. The molecule has 0 saturated carbocycles. The average molecular weight is 308 g/mol. The van der Waals surface area contributed by atoms with E-state index in [1.54, 1.807) is 0 Å². The van der Waals surface area contributed by atoms with Gasteiger partial charge in [-0.05, 0) is 33.2 Å². The number of likely N-dealkylation sites (N-methyl/N-ethyl adjacent to an activating group) is 2. The molecule has 114 valence electrons. The minimum atomic E-state index is -0.120. The molecule has 2 aromatic rings. The van der Waals surface area contributed by atoms with E-state index in [1.165, 1.54) is 0 Å². The molecule has 1 aliphatic heterocycles. The Labute approximate surface area is 130 Å². The molecule has 0 bridgehead atoms. The maximum atomic E-state index is 6.33. The monoisotopic (exact) mass is 307 g/mol. The second-order valence-electron chi connectivity index (χ2n) is 5.94. The van der Waals surface area contributed by atoms with Gasteiger partial charge in [-0.1, -0.05) is 0 Å². The van der Waals surface area contributed by atoms with Crippen molar-refractivity contribution in [3.05, 3.63) is 24.2 Å². The average Bonchev–Trinajstić information content (AvgIpc) is 2.82. The second-order valence-corrected chi connectivity index (χ2v) is 6.59. The standard InChI is InChI=1S/C15H22ClN5/c1-11(16)14-18-13-5-4-6-17-15(13)21(14)10-12-9-19(2)7-8-20(12)3/h4-6,11-12H,7-10H2,1-3H3. The highest BCUT2D eigenvalue weighted by atomic mass is 35.5. The minimum Gasteiger partial charge on any atom is -0.310 e. The van der Waals surface area contributed by atoms with Crippen LogP contribution in [0.25, 0.3) is 11.2 Å². The first kappa shape index (κ1) is 14.8. The molecule has 1 saturated heterocycles. The quantitative estimate of drug-likeness (QED) is 0.813. The van der Waals surface area contributed by atoms with Crippen molar-refractivity contribution in [1.29, 1.82) is 0 Å². The van der Waals surface area contributed by atoms with Crippen LogP contribution < -0.4 is 0 Å². The SMILES string of the molecule is CC(Cl)c1nc2cccnc2n1CC1CN(C)CCN1C. The summed E-state index contributed by atoms with van der Waals surface area (Å²) >= 11 is 6.33. The van der Waals surface area contributed by atoms with E-state index >= 15 is 0 Å². The number of piperazine rings is 1. The Balaban J connectivity index is 1.96. The van der Waals surface area contributed by atoms with Gasteiger partial charge in [0.1, 0.15) is 11.3 Å². The summed E-state index contributed by atoms with van der Waals surface area (Å²) in [4.78, 5) is 14.0. The fourth-order valence-electron chi connectivity index (χ4n) is 2.97. The molecule has 6 heteroatoms. The molecule has 2 aromatic heterocycles. The lowest BCUT2D eigenvalue weighted by atomic mass is 10.2. The fraction of sp³-hybridized carbons (Fsp3) is 0.600. The van der Waals surface area contributed by atoms with E-state index in [9.17, 15) is 0 Å². The Morgan fingerprint density at radius 3 is 2.95 bits per heavy atom. The number of hydrogen-bond acceptors (Lipinski definition) is 4. The summed E-state index contributed by atoms with van der Waals surface area (Å²) in [6.07, 6.45) is 1.82. The summed E-state index contributed by atoms with van der Waals surface area (Å²) in [5, 5.41) is -0.120. The summed E-state index contributed by atoms with van der Waals surface area (Å²) < 4.78 is 2.19. The zero-order chi connectivity index (χ0) is 15.0. The summed E-state index contributed by atoms with van der Waals surface area (Å²) in [7, 11) is 4.36. The molecule has 2 unspecified atom stereocenters.